The Morgan fingerprint density at radius 3 is 2.64 bits per heavy atom. The minimum Gasteiger partial charge on any atom is -0.493 e. The number of hydrogen-bond donors (Lipinski definition) is 1. The zero-order valence-corrected chi connectivity index (χ0v) is 15.8. The van der Waals surface area contributed by atoms with Gasteiger partial charge in [-0.3, -0.25) is 4.79 Å². The molecule has 0 spiro atoms. The summed E-state index contributed by atoms with van der Waals surface area (Å²) < 4.78 is 33.9. The van der Waals surface area contributed by atoms with E-state index in [1.807, 2.05) is 12.1 Å². The van der Waals surface area contributed by atoms with Crippen molar-refractivity contribution in [1.29, 1.82) is 0 Å². The van der Waals surface area contributed by atoms with E-state index < -0.39 is 6.61 Å². The van der Waals surface area contributed by atoms with E-state index >= 15 is 0 Å². The van der Waals surface area contributed by atoms with Crippen LogP contribution in [0, 0.1) is 0 Å². The van der Waals surface area contributed by atoms with Gasteiger partial charge in [-0.25, -0.2) is 0 Å². The third-order valence-electron chi connectivity index (χ3n) is 3.52. The van der Waals surface area contributed by atoms with Gasteiger partial charge in [0.1, 0.15) is 0 Å². The number of alkyl halides is 2. The Labute approximate surface area is 166 Å². The molecule has 0 saturated heterocycles. The van der Waals surface area contributed by atoms with E-state index in [4.69, 9.17) is 21.2 Å². The van der Waals surface area contributed by atoms with Gasteiger partial charge in [-0.1, -0.05) is 28.9 Å². The van der Waals surface area contributed by atoms with E-state index in [0.717, 1.165) is 5.56 Å². The Hall–Kier alpha value is -2.87. The maximum absolute atomic E-state index is 12.3. The van der Waals surface area contributed by atoms with Crippen LogP contribution in [0.3, 0.4) is 0 Å². The predicted molar refractivity (Wildman–Crippen MR) is 101 cm³/mol. The van der Waals surface area contributed by atoms with E-state index in [-0.39, 0.29) is 24.0 Å². The molecule has 0 atom stereocenters. The molecular formula is C19H19ClF2N2O4. The van der Waals surface area contributed by atoms with Crippen LogP contribution in [0.15, 0.2) is 47.6 Å². The van der Waals surface area contributed by atoms with E-state index in [1.165, 1.54) is 31.5 Å². The molecule has 0 unspecified atom stereocenters. The molecule has 1 N–H and O–H groups in total. The van der Waals surface area contributed by atoms with Gasteiger partial charge < -0.3 is 19.6 Å². The van der Waals surface area contributed by atoms with Gasteiger partial charge in [-0.05, 0) is 42.3 Å². The van der Waals surface area contributed by atoms with E-state index in [0.29, 0.717) is 23.6 Å². The van der Waals surface area contributed by atoms with Crippen LogP contribution in [0.1, 0.15) is 11.1 Å². The number of carbonyl (C=O) groups excluding carboxylic acids is 1. The first-order chi connectivity index (χ1) is 13.5. The zero-order chi connectivity index (χ0) is 20.4. The number of hydrogen-bond acceptors (Lipinski definition) is 5. The van der Waals surface area contributed by atoms with Crippen molar-refractivity contribution in [2.24, 2.45) is 5.16 Å². The minimum absolute atomic E-state index is 0.0874. The summed E-state index contributed by atoms with van der Waals surface area (Å²) in [5, 5.41) is 7.05. The number of nitrogens with zero attached hydrogens (tertiary/aromatic N) is 1. The first kappa shape index (κ1) is 21.4. The SMILES string of the molecule is COc1cc(/C=N\OCC(=O)NCCc2ccc(Cl)cc2)ccc1OC(F)F. The number of halogens is 3. The second-order valence-electron chi connectivity index (χ2n) is 5.52. The van der Waals surface area contributed by atoms with E-state index in [1.54, 1.807) is 12.1 Å². The Kier molecular flexibility index (Phi) is 8.48. The summed E-state index contributed by atoms with van der Waals surface area (Å²) in [6.07, 6.45) is 1.99. The molecule has 0 radical (unpaired) electrons. The largest absolute Gasteiger partial charge is 0.493 e. The van der Waals surface area contributed by atoms with Gasteiger partial charge >= 0.3 is 6.61 Å². The van der Waals surface area contributed by atoms with Crippen molar-refractivity contribution in [3.05, 3.63) is 58.6 Å². The molecule has 0 aromatic heterocycles. The molecule has 0 aliphatic carbocycles. The van der Waals surface area contributed by atoms with Gasteiger partial charge in [0.15, 0.2) is 18.1 Å². The fourth-order valence-corrected chi connectivity index (χ4v) is 2.33. The normalized spacial score (nSPS) is 10.9. The lowest BCUT2D eigenvalue weighted by molar-refractivity contribution is -0.125. The smallest absolute Gasteiger partial charge is 0.387 e. The third-order valence-corrected chi connectivity index (χ3v) is 3.78. The topological polar surface area (TPSA) is 69.2 Å². The van der Waals surface area contributed by atoms with Crippen molar-refractivity contribution in [3.8, 4) is 11.5 Å². The second-order valence-corrected chi connectivity index (χ2v) is 5.96. The highest BCUT2D eigenvalue weighted by atomic mass is 35.5. The van der Waals surface area contributed by atoms with Gasteiger partial charge in [-0.15, -0.1) is 0 Å². The zero-order valence-electron chi connectivity index (χ0n) is 15.0. The molecule has 0 aliphatic rings. The van der Waals surface area contributed by atoms with Crippen LogP contribution in [0.2, 0.25) is 5.02 Å². The van der Waals surface area contributed by atoms with Crippen molar-refractivity contribution in [2.75, 3.05) is 20.3 Å². The molecule has 9 heteroatoms. The molecular weight excluding hydrogens is 394 g/mol. The fraction of sp³-hybridized carbons (Fsp3) is 0.263. The first-order valence-corrected chi connectivity index (χ1v) is 8.65. The maximum Gasteiger partial charge on any atom is 0.387 e. The van der Waals surface area contributed by atoms with Gasteiger partial charge in [0.25, 0.3) is 5.91 Å². The van der Waals surface area contributed by atoms with Gasteiger partial charge in [0, 0.05) is 17.1 Å². The number of ether oxygens (including phenoxy) is 2. The van der Waals surface area contributed by atoms with Gasteiger partial charge in [0.2, 0.25) is 0 Å². The van der Waals surface area contributed by atoms with Crippen molar-refractivity contribution in [2.45, 2.75) is 13.0 Å². The van der Waals surface area contributed by atoms with Crippen LogP contribution in [0.25, 0.3) is 0 Å². The number of benzene rings is 2. The van der Waals surface area contributed by atoms with Crippen molar-refractivity contribution >= 4 is 23.7 Å². The summed E-state index contributed by atoms with van der Waals surface area (Å²) in [5.41, 5.74) is 1.58. The Morgan fingerprint density at radius 1 is 1.21 bits per heavy atom. The molecule has 2 aromatic carbocycles. The van der Waals surface area contributed by atoms with Crippen LogP contribution in [0.5, 0.6) is 11.5 Å². The highest BCUT2D eigenvalue weighted by molar-refractivity contribution is 6.30. The molecule has 0 saturated carbocycles. The summed E-state index contributed by atoms with van der Waals surface area (Å²) in [4.78, 5) is 16.6. The third kappa shape index (κ3) is 7.40. The summed E-state index contributed by atoms with van der Waals surface area (Å²) in [5.74, 6) is -0.274. The van der Waals surface area contributed by atoms with Crippen molar-refractivity contribution in [1.82, 2.24) is 5.32 Å². The fourth-order valence-electron chi connectivity index (χ4n) is 2.20. The molecule has 0 heterocycles. The van der Waals surface area contributed by atoms with Crippen LogP contribution in [-0.4, -0.2) is 39.0 Å². The molecule has 1 amide bonds. The number of amides is 1. The van der Waals surface area contributed by atoms with Crippen LogP contribution in [-0.2, 0) is 16.1 Å². The Morgan fingerprint density at radius 2 is 1.96 bits per heavy atom. The molecule has 6 nitrogen and oxygen atoms in total. The minimum atomic E-state index is -2.95. The summed E-state index contributed by atoms with van der Waals surface area (Å²) in [6.45, 7) is -2.74. The van der Waals surface area contributed by atoms with Crippen LogP contribution >= 0.6 is 11.6 Å². The molecule has 0 fully saturated rings. The highest BCUT2D eigenvalue weighted by Crippen LogP contribution is 2.28. The van der Waals surface area contributed by atoms with Crippen LogP contribution in [0.4, 0.5) is 8.78 Å². The molecule has 150 valence electrons. The van der Waals surface area contributed by atoms with Crippen molar-refractivity contribution < 1.29 is 27.9 Å². The standard InChI is InChI=1S/C19H19ClF2N2O4/c1-26-17-10-14(4-7-16(17)28-19(21)22)11-24-27-12-18(25)23-9-8-13-2-5-15(20)6-3-13/h2-7,10-11,19H,8-9,12H2,1H3,(H,23,25)/b24-11-. The number of methoxy groups -OCH3 is 1. The number of oxime groups is 1. The Bertz CT molecular complexity index is 801. The predicted octanol–water partition coefficient (Wildman–Crippen LogP) is 3.66. The van der Waals surface area contributed by atoms with Gasteiger partial charge in [0.05, 0.1) is 13.3 Å². The molecule has 0 bridgehead atoms. The lowest BCUT2D eigenvalue weighted by atomic mass is 10.1. The monoisotopic (exact) mass is 412 g/mol. The van der Waals surface area contributed by atoms with E-state index in [2.05, 4.69) is 15.2 Å². The van der Waals surface area contributed by atoms with Crippen LogP contribution < -0.4 is 14.8 Å². The second kappa shape index (κ2) is 11.1. The summed E-state index contributed by atoms with van der Waals surface area (Å²) in [7, 11) is 1.33. The van der Waals surface area contributed by atoms with Crippen molar-refractivity contribution in [3.63, 3.8) is 0 Å². The lowest BCUT2D eigenvalue weighted by Gasteiger charge is -2.09. The molecule has 2 rings (SSSR count). The molecule has 0 aliphatic heterocycles. The average molecular weight is 413 g/mol. The summed E-state index contributed by atoms with van der Waals surface area (Å²) in [6, 6.07) is 11.6. The lowest BCUT2D eigenvalue weighted by Crippen LogP contribution is -2.28. The number of carbonyl (C=O) groups is 1. The van der Waals surface area contributed by atoms with Gasteiger partial charge in [-0.2, -0.15) is 8.78 Å². The molecule has 28 heavy (non-hydrogen) atoms. The quantitative estimate of drug-likeness (QED) is 0.477. The number of nitrogens with one attached hydrogen (secondary N) is 1. The Balaban J connectivity index is 1.73. The highest BCUT2D eigenvalue weighted by Gasteiger charge is 2.10. The van der Waals surface area contributed by atoms with E-state index in [9.17, 15) is 13.6 Å². The maximum atomic E-state index is 12.3. The number of rotatable bonds is 10. The first-order valence-electron chi connectivity index (χ1n) is 8.27. The summed E-state index contributed by atoms with van der Waals surface area (Å²) >= 11 is 5.81. The average Bonchev–Trinajstić information content (AvgIpc) is 2.67. The molecule has 2 aromatic rings.